The van der Waals surface area contributed by atoms with E-state index in [9.17, 15) is 9.90 Å². The predicted octanol–water partition coefficient (Wildman–Crippen LogP) is 5.09. The van der Waals surface area contributed by atoms with Crippen LogP contribution in [0, 0.1) is 0 Å². The second kappa shape index (κ2) is 5.78. The van der Waals surface area contributed by atoms with Crippen LogP contribution < -0.4 is 0 Å². The van der Waals surface area contributed by atoms with E-state index >= 15 is 0 Å². The van der Waals surface area contributed by atoms with E-state index in [0.29, 0.717) is 16.9 Å². The maximum absolute atomic E-state index is 11.9. The maximum Gasteiger partial charge on any atom is 0.417 e. The van der Waals surface area contributed by atoms with Gasteiger partial charge in [-0.05, 0) is 35.1 Å². The summed E-state index contributed by atoms with van der Waals surface area (Å²) in [5.74, 6) is 0.490. The molecule has 3 rings (SSSR count). The predicted molar refractivity (Wildman–Crippen MR) is 96.7 cm³/mol. The summed E-state index contributed by atoms with van der Waals surface area (Å²) < 4.78 is 1.29. The molecule has 0 spiro atoms. The summed E-state index contributed by atoms with van der Waals surface area (Å²) in [6, 6.07) is 13.4. The van der Waals surface area contributed by atoms with E-state index in [4.69, 9.17) is 0 Å². The molecule has 1 N–H and O–H groups in total. The molecule has 0 saturated heterocycles. The number of nitrogens with zero attached hydrogens (tertiary/aromatic N) is 2. The molecule has 0 aliphatic rings. The Labute approximate surface area is 141 Å². The van der Waals surface area contributed by atoms with Gasteiger partial charge < -0.3 is 5.11 Å². The number of hydrogen-bond acceptors (Lipinski definition) is 2. The highest BCUT2D eigenvalue weighted by atomic mass is 16.4. The molecule has 0 aliphatic heterocycles. The molecule has 124 valence electrons. The molecule has 1 aromatic heterocycles. The van der Waals surface area contributed by atoms with Gasteiger partial charge >= 0.3 is 6.09 Å². The third-order valence-electron chi connectivity index (χ3n) is 4.27. The Morgan fingerprint density at radius 3 is 2.46 bits per heavy atom. The highest BCUT2D eigenvalue weighted by Gasteiger charge is 2.26. The van der Waals surface area contributed by atoms with Crippen molar-refractivity contribution in [1.29, 1.82) is 0 Å². The average molecular weight is 322 g/mol. The van der Waals surface area contributed by atoms with Gasteiger partial charge in [-0.25, -0.2) is 14.3 Å². The molecular weight excluding hydrogens is 300 g/mol. The molecule has 24 heavy (non-hydrogen) atoms. The summed E-state index contributed by atoms with van der Waals surface area (Å²) in [5, 5.41) is 9.76. The molecule has 4 heteroatoms. The zero-order valence-corrected chi connectivity index (χ0v) is 14.5. The fourth-order valence-electron chi connectivity index (χ4n) is 3.37. The largest absolute Gasteiger partial charge is 0.464 e. The molecule has 0 saturated carbocycles. The van der Waals surface area contributed by atoms with Gasteiger partial charge in [0.05, 0.1) is 11.0 Å². The Balaban J connectivity index is 2.41. The quantitative estimate of drug-likeness (QED) is 0.715. The first-order valence-electron chi connectivity index (χ1n) is 8.18. The van der Waals surface area contributed by atoms with Gasteiger partial charge in [0.1, 0.15) is 0 Å². The summed E-state index contributed by atoms with van der Waals surface area (Å²) in [7, 11) is 0. The smallest absolute Gasteiger partial charge is 0.417 e. The lowest BCUT2D eigenvalue weighted by Gasteiger charge is -2.26. The minimum Gasteiger partial charge on any atom is -0.464 e. The number of aryl methyl sites for hydroxylation is 1. The molecule has 3 aromatic rings. The van der Waals surface area contributed by atoms with Crippen LogP contribution >= 0.6 is 0 Å². The van der Waals surface area contributed by atoms with Crippen LogP contribution in [0.1, 0.15) is 38.8 Å². The van der Waals surface area contributed by atoms with Gasteiger partial charge in [0.25, 0.3) is 0 Å². The number of para-hydroxylation sites is 2. The first-order valence-corrected chi connectivity index (χ1v) is 8.18. The molecule has 1 heterocycles. The van der Waals surface area contributed by atoms with Crippen molar-refractivity contribution in [2.75, 3.05) is 0 Å². The van der Waals surface area contributed by atoms with Crippen LogP contribution in [0.5, 0.6) is 0 Å². The summed E-state index contributed by atoms with van der Waals surface area (Å²) in [5.41, 5.74) is 4.47. The summed E-state index contributed by atoms with van der Waals surface area (Å²) >= 11 is 0. The van der Waals surface area contributed by atoms with E-state index in [1.807, 2.05) is 30.3 Å². The lowest BCUT2D eigenvalue weighted by Crippen LogP contribution is -2.18. The van der Waals surface area contributed by atoms with E-state index < -0.39 is 6.09 Å². The summed E-state index contributed by atoms with van der Waals surface area (Å²) in [4.78, 5) is 16.5. The molecule has 0 bridgehead atoms. The number of hydrogen-bond donors (Lipinski definition) is 1. The lowest BCUT2D eigenvalue weighted by molar-refractivity contribution is 0.197. The van der Waals surface area contributed by atoms with Crippen molar-refractivity contribution in [1.82, 2.24) is 9.55 Å². The van der Waals surface area contributed by atoms with Crippen LogP contribution in [0.3, 0.4) is 0 Å². The van der Waals surface area contributed by atoms with Gasteiger partial charge in [-0.3, -0.25) is 0 Å². The molecule has 0 atom stereocenters. The van der Waals surface area contributed by atoms with Gasteiger partial charge in [0, 0.05) is 5.56 Å². The van der Waals surface area contributed by atoms with Crippen LogP contribution in [-0.4, -0.2) is 20.8 Å². The number of fused-ring (bicyclic) bond motifs is 1. The molecule has 4 nitrogen and oxygen atoms in total. The minimum atomic E-state index is -1.01. The summed E-state index contributed by atoms with van der Waals surface area (Å²) in [6.45, 7) is 8.57. The SMILES string of the molecule is CCc1cccc(-c2nc3ccccc3n2C(=O)O)c1C(C)(C)C. The normalized spacial score (nSPS) is 11.8. The van der Waals surface area contributed by atoms with Crippen molar-refractivity contribution >= 4 is 17.1 Å². The van der Waals surface area contributed by atoms with E-state index in [-0.39, 0.29) is 5.41 Å². The van der Waals surface area contributed by atoms with Crippen LogP contribution in [0.25, 0.3) is 22.4 Å². The number of carboxylic acid groups (broad SMARTS) is 1. The standard InChI is InChI=1S/C20H22N2O2/c1-5-13-9-8-10-14(17(13)20(2,3)4)18-21-15-11-6-7-12-16(15)22(18)19(23)24/h6-12H,5H2,1-4H3,(H,23,24). The molecule has 0 aliphatic carbocycles. The molecule has 0 unspecified atom stereocenters. The van der Waals surface area contributed by atoms with Gasteiger partial charge in [-0.2, -0.15) is 0 Å². The Morgan fingerprint density at radius 2 is 1.83 bits per heavy atom. The number of benzene rings is 2. The van der Waals surface area contributed by atoms with Crippen LogP contribution in [0.2, 0.25) is 0 Å². The Bertz CT molecular complexity index is 917. The first kappa shape index (κ1) is 16.2. The van der Waals surface area contributed by atoms with Crippen molar-refractivity contribution < 1.29 is 9.90 Å². The number of carbonyl (C=O) groups is 1. The number of aromatic nitrogens is 2. The fraction of sp³-hybridized carbons (Fsp3) is 0.300. The average Bonchev–Trinajstić information content (AvgIpc) is 2.92. The van der Waals surface area contributed by atoms with E-state index in [2.05, 4.69) is 38.7 Å². The maximum atomic E-state index is 11.9. The molecule has 2 aromatic carbocycles. The number of imidazole rings is 1. The Morgan fingerprint density at radius 1 is 1.12 bits per heavy atom. The molecular formula is C20H22N2O2. The van der Waals surface area contributed by atoms with Crippen LogP contribution in [-0.2, 0) is 11.8 Å². The zero-order chi connectivity index (χ0) is 17.5. The van der Waals surface area contributed by atoms with Gasteiger partial charge in [0.15, 0.2) is 5.82 Å². The fourth-order valence-corrected chi connectivity index (χ4v) is 3.37. The second-order valence-corrected chi connectivity index (χ2v) is 6.99. The topological polar surface area (TPSA) is 55.1 Å². The van der Waals surface area contributed by atoms with Crippen LogP contribution in [0.15, 0.2) is 42.5 Å². The minimum absolute atomic E-state index is 0.108. The molecule has 0 radical (unpaired) electrons. The van der Waals surface area contributed by atoms with Crippen molar-refractivity contribution in [2.24, 2.45) is 0 Å². The van der Waals surface area contributed by atoms with Crippen molar-refractivity contribution in [2.45, 2.75) is 39.5 Å². The highest BCUT2D eigenvalue weighted by molar-refractivity contribution is 5.91. The van der Waals surface area contributed by atoms with Crippen LogP contribution in [0.4, 0.5) is 4.79 Å². The van der Waals surface area contributed by atoms with E-state index in [1.165, 1.54) is 10.1 Å². The highest BCUT2D eigenvalue weighted by Crippen LogP contribution is 2.36. The van der Waals surface area contributed by atoms with Crippen molar-refractivity contribution in [3.05, 3.63) is 53.6 Å². The van der Waals surface area contributed by atoms with Gasteiger partial charge in [-0.15, -0.1) is 0 Å². The third kappa shape index (κ3) is 2.58. The zero-order valence-electron chi connectivity index (χ0n) is 14.5. The lowest BCUT2D eigenvalue weighted by atomic mass is 9.79. The Hall–Kier alpha value is -2.62. The molecule has 0 amide bonds. The van der Waals surface area contributed by atoms with E-state index in [1.54, 1.807) is 6.07 Å². The van der Waals surface area contributed by atoms with E-state index in [0.717, 1.165) is 17.5 Å². The molecule has 0 fully saturated rings. The van der Waals surface area contributed by atoms with Gasteiger partial charge in [0.2, 0.25) is 0 Å². The van der Waals surface area contributed by atoms with Gasteiger partial charge in [-0.1, -0.05) is 58.0 Å². The summed E-state index contributed by atoms with van der Waals surface area (Å²) in [6.07, 6.45) is -0.117. The monoisotopic (exact) mass is 322 g/mol. The van der Waals surface area contributed by atoms with Crippen molar-refractivity contribution in [3.8, 4) is 11.4 Å². The second-order valence-electron chi connectivity index (χ2n) is 6.99. The Kier molecular flexibility index (Phi) is 3.91. The number of rotatable bonds is 2. The first-order chi connectivity index (χ1) is 11.3. The third-order valence-corrected chi connectivity index (χ3v) is 4.27. The van der Waals surface area contributed by atoms with Crippen molar-refractivity contribution in [3.63, 3.8) is 0 Å².